The number of guanidine groups is 1. The van der Waals surface area contributed by atoms with E-state index in [9.17, 15) is 0 Å². The fourth-order valence-corrected chi connectivity index (χ4v) is 2.84. The van der Waals surface area contributed by atoms with E-state index in [2.05, 4.69) is 51.9 Å². The Morgan fingerprint density at radius 2 is 2.17 bits per heavy atom. The third kappa shape index (κ3) is 4.14. The van der Waals surface area contributed by atoms with Crippen LogP contribution in [-0.4, -0.2) is 41.5 Å². The van der Waals surface area contributed by atoms with Gasteiger partial charge in [0.2, 0.25) is 0 Å². The summed E-state index contributed by atoms with van der Waals surface area (Å²) in [6, 6.07) is 10.2. The average molecular weight is 327 g/mol. The minimum absolute atomic E-state index is 0.0803. The van der Waals surface area contributed by atoms with Gasteiger partial charge in [-0.15, -0.1) is 0 Å². The summed E-state index contributed by atoms with van der Waals surface area (Å²) in [7, 11) is 1.79. The predicted molar refractivity (Wildman–Crippen MR) is 95.4 cm³/mol. The van der Waals surface area contributed by atoms with E-state index in [1.807, 2.05) is 16.9 Å². The van der Waals surface area contributed by atoms with Crippen LogP contribution >= 0.6 is 0 Å². The van der Waals surface area contributed by atoms with Crippen molar-refractivity contribution in [3.8, 4) is 5.69 Å². The van der Waals surface area contributed by atoms with Crippen molar-refractivity contribution in [2.75, 3.05) is 20.2 Å². The lowest BCUT2D eigenvalue weighted by atomic mass is 10.0. The molecule has 1 aliphatic heterocycles. The predicted octanol–water partition coefficient (Wildman–Crippen LogP) is 2.11. The van der Waals surface area contributed by atoms with Crippen LogP contribution in [0.5, 0.6) is 0 Å². The molecule has 1 aliphatic rings. The molecule has 128 valence electrons. The summed E-state index contributed by atoms with van der Waals surface area (Å²) in [4.78, 5) is 4.28. The van der Waals surface area contributed by atoms with Gasteiger partial charge in [0.15, 0.2) is 5.96 Å². The Balaban J connectivity index is 1.50. The number of hydrogen-bond donors (Lipinski definition) is 2. The molecule has 0 aliphatic carbocycles. The number of aromatic nitrogens is 2. The number of ether oxygens (including phenoxy) is 1. The van der Waals surface area contributed by atoms with Crippen molar-refractivity contribution in [1.82, 2.24) is 20.4 Å². The van der Waals surface area contributed by atoms with Gasteiger partial charge in [-0.05, 0) is 43.5 Å². The molecule has 0 bridgehead atoms. The maximum atomic E-state index is 5.79. The number of nitrogens with one attached hydrogen (secondary N) is 2. The van der Waals surface area contributed by atoms with Gasteiger partial charge < -0.3 is 15.4 Å². The molecule has 24 heavy (non-hydrogen) atoms. The van der Waals surface area contributed by atoms with Crippen LogP contribution in [0.1, 0.15) is 25.3 Å². The van der Waals surface area contributed by atoms with Crippen molar-refractivity contribution in [3.05, 3.63) is 48.3 Å². The fraction of sp³-hybridized carbons (Fsp3) is 0.444. The Labute approximate surface area is 142 Å². The van der Waals surface area contributed by atoms with Gasteiger partial charge in [-0.25, -0.2) is 4.68 Å². The second-order valence-corrected chi connectivity index (χ2v) is 6.30. The second kappa shape index (κ2) is 7.49. The Bertz CT molecular complexity index is 657. The van der Waals surface area contributed by atoms with Gasteiger partial charge in [-0.3, -0.25) is 4.99 Å². The summed E-state index contributed by atoms with van der Waals surface area (Å²) in [6.45, 7) is 4.49. The highest BCUT2D eigenvalue weighted by Crippen LogP contribution is 2.23. The Morgan fingerprint density at radius 3 is 2.79 bits per heavy atom. The molecule has 0 amide bonds. The number of aliphatic imine (C=N–C) groups is 1. The maximum absolute atomic E-state index is 5.79. The van der Waals surface area contributed by atoms with Crippen LogP contribution < -0.4 is 10.6 Å². The second-order valence-electron chi connectivity index (χ2n) is 6.30. The van der Waals surface area contributed by atoms with Crippen LogP contribution in [0.25, 0.3) is 5.69 Å². The number of hydrogen-bond acceptors (Lipinski definition) is 3. The minimum atomic E-state index is -0.0803. The minimum Gasteiger partial charge on any atom is -0.373 e. The van der Waals surface area contributed by atoms with Crippen LogP contribution in [0.15, 0.2) is 47.7 Å². The molecule has 0 radical (unpaired) electrons. The molecular weight excluding hydrogens is 302 g/mol. The van der Waals surface area contributed by atoms with E-state index >= 15 is 0 Å². The van der Waals surface area contributed by atoms with Crippen molar-refractivity contribution < 1.29 is 4.74 Å². The van der Waals surface area contributed by atoms with Crippen LogP contribution in [0.3, 0.4) is 0 Å². The Hall–Kier alpha value is -2.34. The van der Waals surface area contributed by atoms with Crippen molar-refractivity contribution >= 4 is 5.96 Å². The van der Waals surface area contributed by atoms with Crippen molar-refractivity contribution in [2.24, 2.45) is 4.99 Å². The molecule has 3 rings (SSSR count). The first kappa shape index (κ1) is 16.5. The van der Waals surface area contributed by atoms with Gasteiger partial charge in [-0.1, -0.05) is 12.1 Å². The molecular formula is C18H25N5O. The molecule has 6 heteroatoms. The molecule has 0 saturated carbocycles. The summed E-state index contributed by atoms with van der Waals surface area (Å²) in [5.41, 5.74) is 2.16. The maximum Gasteiger partial charge on any atom is 0.191 e. The summed E-state index contributed by atoms with van der Waals surface area (Å²) in [6.07, 6.45) is 5.93. The zero-order valence-electron chi connectivity index (χ0n) is 14.3. The molecule has 1 aromatic carbocycles. The Kier molecular flexibility index (Phi) is 5.15. The monoisotopic (exact) mass is 327 g/mol. The van der Waals surface area contributed by atoms with E-state index in [-0.39, 0.29) is 5.60 Å². The van der Waals surface area contributed by atoms with Crippen molar-refractivity contribution in [3.63, 3.8) is 0 Å². The normalized spacial score (nSPS) is 21.0. The van der Waals surface area contributed by atoms with Gasteiger partial charge in [-0.2, -0.15) is 5.10 Å². The van der Waals surface area contributed by atoms with Crippen LogP contribution in [0, 0.1) is 0 Å². The molecule has 2 heterocycles. The topological polar surface area (TPSA) is 63.5 Å². The van der Waals surface area contributed by atoms with E-state index in [4.69, 9.17) is 4.74 Å². The highest BCUT2D eigenvalue weighted by Gasteiger charge is 2.29. The van der Waals surface area contributed by atoms with Gasteiger partial charge in [0.1, 0.15) is 0 Å². The first-order chi connectivity index (χ1) is 11.7. The smallest absolute Gasteiger partial charge is 0.191 e. The molecule has 6 nitrogen and oxygen atoms in total. The number of rotatable bonds is 5. The van der Waals surface area contributed by atoms with E-state index in [1.165, 1.54) is 5.56 Å². The van der Waals surface area contributed by atoms with E-state index in [0.717, 1.165) is 44.2 Å². The molecule has 2 aromatic rings. The zero-order valence-corrected chi connectivity index (χ0v) is 14.3. The first-order valence-electron chi connectivity index (χ1n) is 8.36. The van der Waals surface area contributed by atoms with Crippen LogP contribution in [0.4, 0.5) is 0 Å². The number of nitrogens with zero attached hydrogens (tertiary/aromatic N) is 3. The molecule has 1 saturated heterocycles. The van der Waals surface area contributed by atoms with E-state index < -0.39 is 0 Å². The number of benzene rings is 1. The summed E-state index contributed by atoms with van der Waals surface area (Å²) in [5.74, 6) is 0.794. The molecule has 1 aromatic heterocycles. The molecule has 2 N–H and O–H groups in total. The standard InChI is InChI=1S/C18H25N5O/c1-18(9-3-12-24-18)14-21-17(19-2)20-13-15-5-7-16(8-6-15)23-11-4-10-22-23/h4-8,10-11H,3,9,12-14H2,1-2H3,(H2,19,20,21). The lowest BCUT2D eigenvalue weighted by Gasteiger charge is -2.24. The van der Waals surface area contributed by atoms with Crippen molar-refractivity contribution in [1.29, 1.82) is 0 Å². The SMILES string of the molecule is CN=C(NCc1ccc(-n2cccn2)cc1)NCC1(C)CCCO1. The first-order valence-corrected chi connectivity index (χ1v) is 8.36. The summed E-state index contributed by atoms with van der Waals surface area (Å²) < 4.78 is 7.64. The van der Waals surface area contributed by atoms with Crippen LogP contribution in [0.2, 0.25) is 0 Å². The van der Waals surface area contributed by atoms with Gasteiger partial charge in [0, 0.05) is 39.1 Å². The van der Waals surface area contributed by atoms with Gasteiger partial charge in [0.05, 0.1) is 11.3 Å². The van der Waals surface area contributed by atoms with E-state index in [1.54, 1.807) is 13.2 Å². The van der Waals surface area contributed by atoms with Gasteiger partial charge >= 0.3 is 0 Å². The zero-order chi connectivity index (χ0) is 16.8. The summed E-state index contributed by atoms with van der Waals surface area (Å²) >= 11 is 0. The van der Waals surface area contributed by atoms with Gasteiger partial charge in [0.25, 0.3) is 0 Å². The van der Waals surface area contributed by atoms with E-state index in [0.29, 0.717) is 0 Å². The Morgan fingerprint density at radius 1 is 1.33 bits per heavy atom. The summed E-state index contributed by atoms with van der Waals surface area (Å²) in [5, 5.41) is 10.9. The molecule has 1 fully saturated rings. The average Bonchev–Trinajstić information content (AvgIpc) is 3.28. The third-order valence-corrected chi connectivity index (χ3v) is 4.32. The van der Waals surface area contributed by atoms with Crippen LogP contribution in [-0.2, 0) is 11.3 Å². The molecule has 1 unspecified atom stereocenters. The lowest BCUT2D eigenvalue weighted by molar-refractivity contribution is 0.0243. The fourth-order valence-electron chi connectivity index (χ4n) is 2.84. The third-order valence-electron chi connectivity index (χ3n) is 4.32. The molecule has 1 atom stereocenters. The van der Waals surface area contributed by atoms with Crippen molar-refractivity contribution in [2.45, 2.75) is 31.9 Å². The molecule has 0 spiro atoms. The quantitative estimate of drug-likeness (QED) is 0.652. The highest BCUT2D eigenvalue weighted by atomic mass is 16.5. The highest BCUT2D eigenvalue weighted by molar-refractivity contribution is 5.79. The largest absolute Gasteiger partial charge is 0.373 e. The lowest BCUT2D eigenvalue weighted by Crippen LogP contribution is -2.45.